The zero-order valence-electron chi connectivity index (χ0n) is 15.5. The maximum absolute atomic E-state index is 12.8. The van der Waals surface area contributed by atoms with Gasteiger partial charge in [-0.25, -0.2) is 14.3 Å². The van der Waals surface area contributed by atoms with Crippen molar-refractivity contribution in [3.05, 3.63) is 29.6 Å². The first-order valence-electron chi connectivity index (χ1n) is 8.71. The number of aryl methyl sites for hydroxylation is 1. The molecule has 2 aromatic rings. The predicted molar refractivity (Wildman–Crippen MR) is 95.7 cm³/mol. The number of anilines is 1. The zero-order valence-corrected chi connectivity index (χ0v) is 15.5. The minimum absolute atomic E-state index is 0.214. The van der Waals surface area contributed by atoms with Crippen LogP contribution in [0.15, 0.2) is 18.5 Å². The monoisotopic (exact) mass is 371 g/mol. The number of carbonyl (C=O) groups excluding carboxylic acids is 2. The van der Waals surface area contributed by atoms with Crippen molar-refractivity contribution in [2.45, 2.75) is 25.9 Å². The Hall–Kier alpha value is -3.17. The summed E-state index contributed by atoms with van der Waals surface area (Å²) in [5, 5.41) is 14.2. The Bertz CT molecular complexity index is 898. The van der Waals surface area contributed by atoms with Crippen LogP contribution in [0.3, 0.4) is 0 Å². The standard InChI is InChI=1S/C17H21N7O3/c1-11-6-13(24-10-18-20-21-24)7-14(12(11)2)19-15(25)23-5-4-17(9-23)8-22(3)16(26)27-17/h6-7,10H,4-5,8-9H2,1-3H3,(H,19,25). The van der Waals surface area contributed by atoms with E-state index in [2.05, 4.69) is 20.8 Å². The van der Waals surface area contributed by atoms with Crippen LogP contribution in [-0.4, -0.2) is 74.4 Å². The van der Waals surface area contributed by atoms with Crippen LogP contribution in [0.2, 0.25) is 0 Å². The summed E-state index contributed by atoms with van der Waals surface area (Å²) >= 11 is 0. The average molecular weight is 371 g/mol. The molecule has 1 aromatic carbocycles. The summed E-state index contributed by atoms with van der Waals surface area (Å²) in [4.78, 5) is 27.7. The van der Waals surface area contributed by atoms with Crippen molar-refractivity contribution in [3.8, 4) is 5.69 Å². The molecule has 1 aromatic heterocycles. The quantitative estimate of drug-likeness (QED) is 0.854. The lowest BCUT2D eigenvalue weighted by molar-refractivity contribution is 0.0663. The minimum atomic E-state index is -0.595. The number of hydrogen-bond acceptors (Lipinski definition) is 6. The van der Waals surface area contributed by atoms with Gasteiger partial charge in [0.25, 0.3) is 0 Å². The zero-order chi connectivity index (χ0) is 19.2. The summed E-state index contributed by atoms with van der Waals surface area (Å²) in [6.07, 6.45) is 1.81. The van der Waals surface area contributed by atoms with Crippen molar-refractivity contribution in [3.63, 3.8) is 0 Å². The van der Waals surface area contributed by atoms with E-state index in [1.807, 2.05) is 26.0 Å². The highest BCUT2D eigenvalue weighted by Gasteiger charge is 2.49. The average Bonchev–Trinajstić information content (AvgIpc) is 3.34. The third kappa shape index (κ3) is 3.07. The fourth-order valence-electron chi connectivity index (χ4n) is 3.60. The van der Waals surface area contributed by atoms with Gasteiger partial charge in [-0.15, -0.1) is 5.10 Å². The smallest absolute Gasteiger partial charge is 0.410 e. The third-order valence-electron chi connectivity index (χ3n) is 5.25. The fraction of sp³-hybridized carbons (Fsp3) is 0.471. The van der Waals surface area contributed by atoms with Crippen molar-refractivity contribution in [2.24, 2.45) is 0 Å². The van der Waals surface area contributed by atoms with Gasteiger partial charge in [0, 0.05) is 25.7 Å². The van der Waals surface area contributed by atoms with E-state index < -0.39 is 5.60 Å². The summed E-state index contributed by atoms with van der Waals surface area (Å²) in [6.45, 7) is 5.35. The Morgan fingerprint density at radius 3 is 2.78 bits per heavy atom. The number of likely N-dealkylation sites (N-methyl/N-ethyl adjacent to an activating group) is 1. The third-order valence-corrected chi connectivity index (χ3v) is 5.25. The first-order chi connectivity index (χ1) is 12.9. The molecule has 4 rings (SSSR count). The maximum atomic E-state index is 12.8. The van der Waals surface area contributed by atoms with Crippen molar-refractivity contribution in [1.82, 2.24) is 30.0 Å². The predicted octanol–water partition coefficient (Wildman–Crippen LogP) is 1.34. The number of benzene rings is 1. The molecule has 0 bridgehead atoms. The van der Waals surface area contributed by atoms with E-state index in [4.69, 9.17) is 4.74 Å². The van der Waals surface area contributed by atoms with Crippen molar-refractivity contribution in [1.29, 1.82) is 0 Å². The van der Waals surface area contributed by atoms with Gasteiger partial charge in [-0.3, -0.25) is 0 Å². The van der Waals surface area contributed by atoms with Gasteiger partial charge in [-0.1, -0.05) is 0 Å². The molecule has 1 spiro atoms. The highest BCUT2D eigenvalue weighted by Crippen LogP contribution is 2.32. The molecule has 10 nitrogen and oxygen atoms in total. The van der Waals surface area contributed by atoms with Crippen LogP contribution in [-0.2, 0) is 4.74 Å². The lowest BCUT2D eigenvalue weighted by Gasteiger charge is -2.22. The Morgan fingerprint density at radius 1 is 1.30 bits per heavy atom. The fourth-order valence-corrected chi connectivity index (χ4v) is 3.60. The number of rotatable bonds is 2. The lowest BCUT2D eigenvalue weighted by Crippen LogP contribution is -2.40. The van der Waals surface area contributed by atoms with Gasteiger partial charge in [-0.2, -0.15) is 0 Å². The van der Waals surface area contributed by atoms with E-state index in [0.29, 0.717) is 31.7 Å². The number of aromatic nitrogens is 4. The molecule has 2 aliphatic heterocycles. The second kappa shape index (κ2) is 6.22. The van der Waals surface area contributed by atoms with Crippen molar-refractivity contribution in [2.75, 3.05) is 32.0 Å². The normalized spacial score (nSPS) is 21.8. The highest BCUT2D eigenvalue weighted by atomic mass is 16.6. The van der Waals surface area contributed by atoms with Crippen LogP contribution >= 0.6 is 0 Å². The summed E-state index contributed by atoms with van der Waals surface area (Å²) in [5.74, 6) is 0. The summed E-state index contributed by atoms with van der Waals surface area (Å²) in [5.41, 5.74) is 2.86. The van der Waals surface area contributed by atoms with Crippen molar-refractivity contribution < 1.29 is 14.3 Å². The van der Waals surface area contributed by atoms with Gasteiger partial charge in [0.1, 0.15) is 6.33 Å². The van der Waals surface area contributed by atoms with E-state index in [1.54, 1.807) is 21.5 Å². The van der Waals surface area contributed by atoms with Crippen LogP contribution in [0.25, 0.3) is 5.69 Å². The molecular weight excluding hydrogens is 350 g/mol. The van der Waals surface area contributed by atoms with Crippen molar-refractivity contribution >= 4 is 17.8 Å². The summed E-state index contributed by atoms with van der Waals surface area (Å²) in [6, 6.07) is 3.58. The molecule has 2 saturated heterocycles. The Kier molecular flexibility index (Phi) is 3.97. The topological polar surface area (TPSA) is 105 Å². The second-order valence-electron chi connectivity index (χ2n) is 7.20. The first kappa shape index (κ1) is 17.3. The molecule has 0 saturated carbocycles. The molecule has 0 aliphatic carbocycles. The van der Waals surface area contributed by atoms with Gasteiger partial charge >= 0.3 is 12.1 Å². The number of tetrazole rings is 1. The molecule has 2 fully saturated rings. The molecule has 3 amide bonds. The molecular formula is C17H21N7O3. The van der Waals surface area contributed by atoms with Gasteiger partial charge < -0.3 is 19.9 Å². The molecule has 1 atom stereocenters. The van der Waals surface area contributed by atoms with Crippen LogP contribution in [0, 0.1) is 13.8 Å². The molecule has 1 N–H and O–H groups in total. The second-order valence-corrected chi connectivity index (χ2v) is 7.20. The number of carbonyl (C=O) groups is 2. The number of nitrogens with zero attached hydrogens (tertiary/aromatic N) is 6. The van der Waals surface area contributed by atoms with E-state index in [9.17, 15) is 9.59 Å². The highest BCUT2D eigenvalue weighted by molar-refractivity contribution is 5.91. The van der Waals surface area contributed by atoms with E-state index in [0.717, 1.165) is 16.8 Å². The Labute approximate surface area is 156 Å². The number of amides is 3. The molecule has 1 unspecified atom stereocenters. The van der Waals surface area contributed by atoms with E-state index in [1.165, 1.54) is 6.33 Å². The molecule has 27 heavy (non-hydrogen) atoms. The van der Waals surface area contributed by atoms with Gasteiger partial charge in [0.15, 0.2) is 5.60 Å². The van der Waals surface area contributed by atoms with Crippen LogP contribution < -0.4 is 5.32 Å². The molecule has 2 aliphatic rings. The molecule has 0 radical (unpaired) electrons. The van der Waals surface area contributed by atoms with E-state index in [-0.39, 0.29) is 12.1 Å². The largest absolute Gasteiger partial charge is 0.439 e. The van der Waals surface area contributed by atoms with Gasteiger partial charge in [0.2, 0.25) is 0 Å². The lowest BCUT2D eigenvalue weighted by atomic mass is 10.0. The van der Waals surface area contributed by atoms with Crippen LogP contribution in [0.5, 0.6) is 0 Å². The summed E-state index contributed by atoms with van der Waals surface area (Å²) in [7, 11) is 1.70. The van der Waals surface area contributed by atoms with E-state index >= 15 is 0 Å². The van der Waals surface area contributed by atoms with Crippen LogP contribution in [0.4, 0.5) is 15.3 Å². The number of hydrogen-bond donors (Lipinski definition) is 1. The number of likely N-dealkylation sites (tertiary alicyclic amines) is 1. The van der Waals surface area contributed by atoms with Gasteiger partial charge in [0.05, 0.1) is 18.8 Å². The molecule has 10 heteroatoms. The first-order valence-corrected chi connectivity index (χ1v) is 8.71. The van der Waals surface area contributed by atoms with Crippen LogP contribution in [0.1, 0.15) is 17.5 Å². The maximum Gasteiger partial charge on any atom is 0.410 e. The molecule has 3 heterocycles. The van der Waals surface area contributed by atoms with Gasteiger partial charge in [-0.05, 0) is 47.5 Å². The Balaban J connectivity index is 1.51. The minimum Gasteiger partial charge on any atom is -0.439 e. The molecule has 142 valence electrons. The number of nitrogens with one attached hydrogen (secondary N) is 1. The summed E-state index contributed by atoms with van der Waals surface area (Å²) < 4.78 is 7.05. The number of urea groups is 1. The SMILES string of the molecule is Cc1cc(-n2cnnn2)cc(NC(=O)N2CCC3(CN(C)C(=O)O3)C2)c1C. The number of ether oxygens (including phenoxy) is 1. The Morgan fingerprint density at radius 2 is 2.11 bits per heavy atom.